The van der Waals surface area contributed by atoms with Crippen molar-refractivity contribution in [3.63, 3.8) is 0 Å². The predicted octanol–water partition coefficient (Wildman–Crippen LogP) is 5.72. The van der Waals surface area contributed by atoms with E-state index in [1.165, 1.54) is 0 Å². The summed E-state index contributed by atoms with van der Waals surface area (Å²) in [6.45, 7) is 1.46. The van der Waals surface area contributed by atoms with Gasteiger partial charge in [0.15, 0.2) is 0 Å². The third kappa shape index (κ3) is 7.42. The van der Waals surface area contributed by atoms with Crippen molar-refractivity contribution in [2.45, 2.75) is 57.0 Å². The number of nitrogens with one attached hydrogen (secondary N) is 3. The Morgan fingerprint density at radius 3 is 1.08 bits per heavy atom. The fourth-order valence-corrected chi connectivity index (χ4v) is 5.25. The average Bonchev–Trinajstić information content (AvgIpc) is 2.85. The molecule has 6 nitrogen and oxygen atoms in total. The summed E-state index contributed by atoms with van der Waals surface area (Å²) in [6, 6.07) is 15.6. The van der Waals surface area contributed by atoms with Gasteiger partial charge in [0.25, 0.3) is 0 Å². The van der Waals surface area contributed by atoms with Crippen molar-refractivity contribution in [2.24, 2.45) is 0 Å². The van der Waals surface area contributed by atoms with Crippen molar-refractivity contribution < 1.29 is 15.3 Å². The van der Waals surface area contributed by atoms with Gasteiger partial charge in [0.2, 0.25) is 0 Å². The molecular weight excluding hydrogens is 521 g/mol. The molecule has 0 saturated heterocycles. The highest BCUT2D eigenvalue weighted by Crippen LogP contribution is 2.27. The van der Waals surface area contributed by atoms with E-state index in [9.17, 15) is 15.3 Å². The molecule has 0 spiro atoms. The van der Waals surface area contributed by atoms with E-state index in [4.69, 9.17) is 34.8 Å². The van der Waals surface area contributed by atoms with Gasteiger partial charge in [-0.3, -0.25) is 0 Å². The molecule has 0 amide bonds. The largest absolute Gasteiger partial charge is 0.508 e. The van der Waals surface area contributed by atoms with Gasteiger partial charge in [-0.15, -0.1) is 0 Å². The number of rotatable bonds is 9. The number of hydrogen-bond acceptors (Lipinski definition) is 6. The molecular formula is C27H30Cl3N3O3. The summed E-state index contributed by atoms with van der Waals surface area (Å²) in [5, 5.41) is 43.0. The predicted molar refractivity (Wildman–Crippen MR) is 145 cm³/mol. The second-order valence-corrected chi connectivity index (χ2v) is 10.6. The third-order valence-corrected chi connectivity index (χ3v) is 7.28. The standard InChI is InChI=1S/C27H30Cl3N3O3/c28-19-1-4-25(34)16(7-19)13-31-22-10-23(32-14-17-8-20(29)2-5-26(17)35)12-24(11-22)33-15-18-9-21(30)3-6-27(18)36/h1-9,22-24,31-36H,10-15H2. The molecule has 0 aromatic heterocycles. The molecule has 9 heteroatoms. The molecule has 0 atom stereocenters. The molecule has 6 N–H and O–H groups in total. The van der Waals surface area contributed by atoms with Gasteiger partial charge >= 0.3 is 0 Å². The first-order valence-electron chi connectivity index (χ1n) is 11.9. The van der Waals surface area contributed by atoms with Crippen LogP contribution in [0.4, 0.5) is 0 Å². The fraction of sp³-hybridized carbons (Fsp3) is 0.333. The van der Waals surface area contributed by atoms with Gasteiger partial charge in [0, 0.05) is 69.5 Å². The van der Waals surface area contributed by atoms with E-state index in [0.29, 0.717) is 34.7 Å². The molecule has 1 saturated carbocycles. The number of hydrogen-bond donors (Lipinski definition) is 6. The van der Waals surface area contributed by atoms with Crippen LogP contribution in [-0.2, 0) is 19.6 Å². The molecule has 4 rings (SSSR count). The normalized spacial score (nSPS) is 19.9. The van der Waals surface area contributed by atoms with Crippen molar-refractivity contribution in [3.05, 3.63) is 86.4 Å². The summed E-state index contributed by atoms with van der Waals surface area (Å²) in [5.41, 5.74) is 2.24. The number of benzene rings is 3. The molecule has 0 aliphatic heterocycles. The lowest BCUT2D eigenvalue weighted by molar-refractivity contribution is 0.245. The highest BCUT2D eigenvalue weighted by atomic mass is 35.5. The van der Waals surface area contributed by atoms with Crippen LogP contribution in [0, 0.1) is 0 Å². The van der Waals surface area contributed by atoms with Crippen molar-refractivity contribution in [3.8, 4) is 17.2 Å². The van der Waals surface area contributed by atoms with Gasteiger partial charge in [0.1, 0.15) is 17.2 Å². The molecule has 36 heavy (non-hydrogen) atoms. The number of phenols is 3. The lowest BCUT2D eigenvalue weighted by atomic mass is 9.86. The van der Waals surface area contributed by atoms with E-state index in [1.54, 1.807) is 54.6 Å². The molecule has 1 aliphatic carbocycles. The van der Waals surface area contributed by atoms with Crippen LogP contribution in [-0.4, -0.2) is 33.4 Å². The molecule has 3 aromatic rings. The molecule has 1 fully saturated rings. The quantitative estimate of drug-likeness (QED) is 0.204. The lowest BCUT2D eigenvalue weighted by Crippen LogP contribution is -2.50. The number of aromatic hydroxyl groups is 3. The minimum Gasteiger partial charge on any atom is -0.508 e. The van der Waals surface area contributed by atoms with Crippen LogP contribution in [0.1, 0.15) is 36.0 Å². The summed E-state index contributed by atoms with van der Waals surface area (Å²) in [6.07, 6.45) is 2.59. The summed E-state index contributed by atoms with van der Waals surface area (Å²) < 4.78 is 0. The summed E-state index contributed by atoms with van der Waals surface area (Å²) in [7, 11) is 0. The van der Waals surface area contributed by atoms with Crippen LogP contribution in [0.5, 0.6) is 17.2 Å². The van der Waals surface area contributed by atoms with Crippen LogP contribution < -0.4 is 16.0 Å². The molecule has 0 heterocycles. The summed E-state index contributed by atoms with van der Waals surface area (Å²) >= 11 is 18.3. The first-order chi connectivity index (χ1) is 17.3. The Labute approximate surface area is 226 Å². The minimum absolute atomic E-state index is 0.160. The van der Waals surface area contributed by atoms with Crippen LogP contribution in [0.3, 0.4) is 0 Å². The zero-order chi connectivity index (χ0) is 25.7. The Morgan fingerprint density at radius 1 is 0.528 bits per heavy atom. The fourth-order valence-electron chi connectivity index (χ4n) is 4.67. The van der Waals surface area contributed by atoms with Gasteiger partial charge in [-0.1, -0.05) is 34.8 Å². The molecule has 1 aliphatic rings. The Kier molecular flexibility index (Phi) is 9.23. The van der Waals surface area contributed by atoms with Gasteiger partial charge in [-0.25, -0.2) is 0 Å². The maximum Gasteiger partial charge on any atom is 0.120 e. The highest BCUT2D eigenvalue weighted by molar-refractivity contribution is 6.31. The monoisotopic (exact) mass is 549 g/mol. The van der Waals surface area contributed by atoms with Crippen LogP contribution in [0.15, 0.2) is 54.6 Å². The first-order valence-corrected chi connectivity index (χ1v) is 13.0. The maximum absolute atomic E-state index is 10.2. The second-order valence-electron chi connectivity index (χ2n) is 9.26. The Morgan fingerprint density at radius 2 is 0.806 bits per heavy atom. The zero-order valence-corrected chi connectivity index (χ0v) is 21.9. The zero-order valence-electron chi connectivity index (χ0n) is 19.6. The molecule has 0 radical (unpaired) electrons. The lowest BCUT2D eigenvalue weighted by Gasteiger charge is -2.37. The number of phenolic OH excluding ortho intramolecular Hbond substituents is 3. The van der Waals surface area contributed by atoms with Crippen LogP contribution in [0.2, 0.25) is 15.1 Å². The third-order valence-electron chi connectivity index (χ3n) is 6.58. The summed E-state index contributed by atoms with van der Waals surface area (Å²) in [4.78, 5) is 0. The molecule has 192 valence electrons. The van der Waals surface area contributed by atoms with E-state index in [-0.39, 0.29) is 35.4 Å². The van der Waals surface area contributed by atoms with E-state index in [0.717, 1.165) is 36.0 Å². The van der Waals surface area contributed by atoms with Crippen LogP contribution in [0.25, 0.3) is 0 Å². The minimum atomic E-state index is 0.160. The Balaban J connectivity index is 1.43. The van der Waals surface area contributed by atoms with E-state index >= 15 is 0 Å². The smallest absolute Gasteiger partial charge is 0.120 e. The van der Waals surface area contributed by atoms with Gasteiger partial charge in [0.05, 0.1) is 0 Å². The summed E-state index contributed by atoms with van der Waals surface area (Å²) in [5.74, 6) is 0.625. The maximum atomic E-state index is 10.2. The SMILES string of the molecule is Oc1ccc(Cl)cc1CNC1CC(NCc2cc(Cl)ccc2O)CC(NCc2cc(Cl)ccc2O)C1. The highest BCUT2D eigenvalue weighted by Gasteiger charge is 2.29. The van der Waals surface area contributed by atoms with Crippen molar-refractivity contribution in [1.82, 2.24) is 16.0 Å². The molecule has 3 aromatic carbocycles. The molecule has 0 bridgehead atoms. The van der Waals surface area contributed by atoms with Crippen molar-refractivity contribution in [2.75, 3.05) is 0 Å². The Hall–Kier alpha value is -2.19. The van der Waals surface area contributed by atoms with Gasteiger partial charge < -0.3 is 31.3 Å². The first kappa shape index (κ1) is 26.9. The van der Waals surface area contributed by atoms with Crippen molar-refractivity contribution >= 4 is 34.8 Å². The topological polar surface area (TPSA) is 96.8 Å². The van der Waals surface area contributed by atoms with Crippen LogP contribution >= 0.6 is 34.8 Å². The van der Waals surface area contributed by atoms with Crippen molar-refractivity contribution in [1.29, 1.82) is 0 Å². The molecule has 0 unspecified atom stereocenters. The average molecular weight is 551 g/mol. The van der Waals surface area contributed by atoms with Gasteiger partial charge in [-0.2, -0.15) is 0 Å². The Bertz CT molecular complexity index is 1040. The second kappa shape index (κ2) is 12.4. The van der Waals surface area contributed by atoms with Gasteiger partial charge in [-0.05, 0) is 73.9 Å². The van der Waals surface area contributed by atoms with E-state index < -0.39 is 0 Å². The van der Waals surface area contributed by atoms with E-state index in [2.05, 4.69) is 16.0 Å². The number of halogens is 3. The van der Waals surface area contributed by atoms with E-state index in [1.807, 2.05) is 0 Å².